The summed E-state index contributed by atoms with van der Waals surface area (Å²) in [5, 5.41) is 11.0. The molecule has 1 unspecified atom stereocenters. The molecule has 2 aliphatic heterocycles. The van der Waals surface area contributed by atoms with Crippen molar-refractivity contribution in [1.82, 2.24) is 20.2 Å². The quantitative estimate of drug-likeness (QED) is 0.170. The predicted molar refractivity (Wildman–Crippen MR) is 245 cm³/mol. The zero-order valence-corrected chi connectivity index (χ0v) is 32.5. The van der Waals surface area contributed by atoms with E-state index in [2.05, 4.69) is 202 Å². The minimum absolute atomic E-state index is 0.0585. The molecule has 1 atom stereocenters. The van der Waals surface area contributed by atoms with Crippen LogP contribution < -0.4 is 10.6 Å². The van der Waals surface area contributed by atoms with Crippen LogP contribution in [0.4, 0.5) is 0 Å². The molecule has 58 heavy (non-hydrogen) atoms. The number of pyridine rings is 1. The number of para-hydroxylation sites is 1. The number of allylic oxidation sites excluding steroid dienone is 4. The molecule has 0 aliphatic carbocycles. The predicted octanol–water partition coefficient (Wildman–Crippen LogP) is 13.0. The summed E-state index contributed by atoms with van der Waals surface area (Å²) >= 11 is 1.90. The van der Waals surface area contributed by atoms with Crippen LogP contribution in [0.5, 0.6) is 0 Å². The summed E-state index contributed by atoms with van der Waals surface area (Å²) in [6, 6.07) is 57.3. The number of rotatable bonds is 7. The largest absolute Gasteiger partial charge is 0.387 e. The molecule has 0 fully saturated rings. The van der Waals surface area contributed by atoms with E-state index in [4.69, 9.17) is 0 Å². The van der Waals surface area contributed by atoms with Crippen LogP contribution in [0.1, 0.15) is 28.3 Å². The molecular weight excluding hydrogens is 725 g/mol. The Labute approximate surface area is 341 Å². The number of fused-ring (bicyclic) bond motifs is 5. The maximum Gasteiger partial charge on any atom is 0.0707 e. The SMILES string of the molecule is C1=CC(c2ccc(C3=CC(c4cccc(-n5c6ccccc6c6c7sc(-c8ccccc8)c(-c8ccccc8)c7ccc65)c4)NC(c4ccncc4)=C3)cc2)=CCN1. The van der Waals surface area contributed by atoms with Crippen LogP contribution in [0.2, 0.25) is 0 Å². The van der Waals surface area contributed by atoms with Gasteiger partial charge in [-0.05, 0) is 99.8 Å². The fraction of sp³-hybridized carbons (Fsp3) is 0.0377. The summed E-state index contributed by atoms with van der Waals surface area (Å²) in [7, 11) is 0. The summed E-state index contributed by atoms with van der Waals surface area (Å²) in [6.07, 6.45) is 14.7. The molecule has 6 aromatic carbocycles. The van der Waals surface area contributed by atoms with E-state index < -0.39 is 0 Å². The molecular formula is C53H38N4S. The number of thiophene rings is 1. The highest BCUT2D eigenvalue weighted by atomic mass is 32.1. The van der Waals surface area contributed by atoms with Gasteiger partial charge in [0.1, 0.15) is 0 Å². The average molecular weight is 763 g/mol. The zero-order chi connectivity index (χ0) is 38.4. The van der Waals surface area contributed by atoms with E-state index in [9.17, 15) is 0 Å². The van der Waals surface area contributed by atoms with Gasteiger partial charge in [-0.15, -0.1) is 11.3 Å². The smallest absolute Gasteiger partial charge is 0.0707 e. The Balaban J connectivity index is 1.05. The van der Waals surface area contributed by atoms with Gasteiger partial charge in [-0.3, -0.25) is 4.98 Å². The lowest BCUT2D eigenvalue weighted by Gasteiger charge is -2.26. The number of benzene rings is 6. The normalized spacial score (nSPS) is 15.2. The molecule has 2 aliphatic rings. The molecule has 5 heteroatoms. The van der Waals surface area contributed by atoms with Crippen molar-refractivity contribution in [2.75, 3.05) is 6.54 Å². The number of dihydropyridines is 2. The van der Waals surface area contributed by atoms with Gasteiger partial charge in [0, 0.05) is 67.2 Å². The fourth-order valence-electron chi connectivity index (χ4n) is 8.64. The number of hydrogen-bond acceptors (Lipinski definition) is 4. The third-order valence-electron chi connectivity index (χ3n) is 11.4. The second kappa shape index (κ2) is 14.4. The van der Waals surface area contributed by atoms with Crippen LogP contribution in [0.3, 0.4) is 0 Å². The Bertz CT molecular complexity index is 3110. The first-order valence-electron chi connectivity index (χ1n) is 19.8. The molecule has 0 spiro atoms. The Hall–Kier alpha value is -7.21. The van der Waals surface area contributed by atoms with Gasteiger partial charge >= 0.3 is 0 Å². The van der Waals surface area contributed by atoms with Gasteiger partial charge in [-0.1, -0.05) is 127 Å². The first-order valence-corrected chi connectivity index (χ1v) is 20.6. The van der Waals surface area contributed by atoms with Crippen molar-refractivity contribution >= 4 is 60.1 Å². The van der Waals surface area contributed by atoms with E-state index in [0.717, 1.165) is 23.5 Å². The zero-order valence-electron chi connectivity index (χ0n) is 31.6. The lowest BCUT2D eigenvalue weighted by molar-refractivity contribution is 0.765. The van der Waals surface area contributed by atoms with E-state index in [0.29, 0.717) is 0 Å². The summed E-state index contributed by atoms with van der Waals surface area (Å²) in [5.41, 5.74) is 15.5. The van der Waals surface area contributed by atoms with Gasteiger partial charge in [0.05, 0.1) is 17.1 Å². The van der Waals surface area contributed by atoms with E-state index in [1.807, 2.05) is 29.9 Å². The second-order valence-electron chi connectivity index (χ2n) is 14.8. The molecule has 0 amide bonds. The Morgan fingerprint density at radius 1 is 0.603 bits per heavy atom. The Morgan fingerprint density at radius 2 is 1.34 bits per heavy atom. The minimum atomic E-state index is -0.0585. The second-order valence-corrected chi connectivity index (χ2v) is 15.9. The number of nitrogens with one attached hydrogen (secondary N) is 2. The van der Waals surface area contributed by atoms with E-state index in [1.54, 1.807) is 0 Å². The maximum atomic E-state index is 4.31. The van der Waals surface area contributed by atoms with Crippen molar-refractivity contribution in [1.29, 1.82) is 0 Å². The highest BCUT2D eigenvalue weighted by Crippen LogP contribution is 2.49. The van der Waals surface area contributed by atoms with Crippen molar-refractivity contribution in [3.8, 4) is 27.3 Å². The van der Waals surface area contributed by atoms with Gasteiger partial charge in [-0.2, -0.15) is 0 Å². The molecule has 5 heterocycles. The third kappa shape index (κ3) is 5.96. The maximum absolute atomic E-state index is 4.31. The first kappa shape index (κ1) is 34.1. The summed E-state index contributed by atoms with van der Waals surface area (Å²) in [6.45, 7) is 0.848. The molecule has 0 bridgehead atoms. The van der Waals surface area contributed by atoms with Crippen molar-refractivity contribution in [2.24, 2.45) is 0 Å². The highest BCUT2D eigenvalue weighted by molar-refractivity contribution is 7.24. The fourth-order valence-corrected chi connectivity index (χ4v) is 10.0. The van der Waals surface area contributed by atoms with Crippen LogP contribution in [0.15, 0.2) is 201 Å². The molecule has 9 aromatic rings. The Morgan fingerprint density at radius 3 is 2.12 bits per heavy atom. The van der Waals surface area contributed by atoms with Gasteiger partial charge in [0.15, 0.2) is 0 Å². The van der Waals surface area contributed by atoms with Crippen LogP contribution in [-0.2, 0) is 0 Å². The monoisotopic (exact) mass is 762 g/mol. The first-order chi connectivity index (χ1) is 28.8. The van der Waals surface area contributed by atoms with Crippen molar-refractivity contribution < 1.29 is 0 Å². The molecule has 4 nitrogen and oxygen atoms in total. The summed E-state index contributed by atoms with van der Waals surface area (Å²) in [5.74, 6) is 0. The molecule has 2 N–H and O–H groups in total. The molecule has 0 saturated heterocycles. The molecule has 0 radical (unpaired) electrons. The van der Waals surface area contributed by atoms with Gasteiger partial charge < -0.3 is 15.2 Å². The lowest BCUT2D eigenvalue weighted by atomic mass is 9.92. The number of aromatic nitrogens is 2. The van der Waals surface area contributed by atoms with E-state index in [-0.39, 0.29) is 6.04 Å². The van der Waals surface area contributed by atoms with E-state index in [1.165, 1.54) is 81.3 Å². The van der Waals surface area contributed by atoms with Gasteiger partial charge in [-0.25, -0.2) is 0 Å². The van der Waals surface area contributed by atoms with Crippen LogP contribution in [0.25, 0.3) is 76.0 Å². The van der Waals surface area contributed by atoms with Crippen molar-refractivity contribution in [2.45, 2.75) is 6.04 Å². The number of nitrogens with zero attached hydrogens (tertiary/aromatic N) is 2. The third-order valence-corrected chi connectivity index (χ3v) is 12.7. The highest BCUT2D eigenvalue weighted by Gasteiger charge is 2.23. The number of hydrogen-bond donors (Lipinski definition) is 2. The van der Waals surface area contributed by atoms with Crippen LogP contribution in [0, 0.1) is 0 Å². The summed E-state index contributed by atoms with van der Waals surface area (Å²) < 4.78 is 3.77. The topological polar surface area (TPSA) is 41.9 Å². The molecule has 0 saturated carbocycles. The van der Waals surface area contributed by atoms with E-state index >= 15 is 0 Å². The molecule has 11 rings (SSSR count). The Kier molecular flexibility index (Phi) is 8.45. The molecule has 276 valence electrons. The average Bonchev–Trinajstić information content (AvgIpc) is 3.87. The standard InChI is InChI=1S/C53H38N4S/c1-3-10-39(11-4-1)50-45-22-23-49-51(53(45)58-52(50)40-12-5-2-6-13-40)44-16-7-8-17-48(44)57(49)43-15-9-14-41(32-43)47-34-42(33-46(56-47)38-26-30-55-31-27-38)36-20-18-35(19-21-36)37-24-28-54-29-25-37/h1-28,30-34,47,54,56H,29H2. The molecule has 3 aromatic heterocycles. The lowest BCUT2D eigenvalue weighted by Crippen LogP contribution is -2.22. The van der Waals surface area contributed by atoms with Crippen molar-refractivity contribution in [3.63, 3.8) is 0 Å². The van der Waals surface area contributed by atoms with Gasteiger partial charge in [0.2, 0.25) is 0 Å². The van der Waals surface area contributed by atoms with Gasteiger partial charge in [0.25, 0.3) is 0 Å². The minimum Gasteiger partial charge on any atom is -0.387 e. The summed E-state index contributed by atoms with van der Waals surface area (Å²) in [4.78, 5) is 5.61. The van der Waals surface area contributed by atoms with Crippen LogP contribution in [-0.4, -0.2) is 16.1 Å². The van der Waals surface area contributed by atoms with Crippen molar-refractivity contribution in [3.05, 3.63) is 223 Å². The van der Waals surface area contributed by atoms with Crippen LogP contribution >= 0.6 is 11.3 Å².